The third-order valence-corrected chi connectivity index (χ3v) is 1.83. The van der Waals surface area contributed by atoms with E-state index in [0.717, 1.165) is 5.57 Å². The Labute approximate surface area is 71.3 Å². The standard InChI is InChI=1S/C9H12O3/c1-3-7-4-5-8(10)9(11,6-7)12-2/h3-6,8,10-11H,1H2,2H3. The van der Waals surface area contributed by atoms with Crippen LogP contribution in [0.4, 0.5) is 0 Å². The Balaban J connectivity index is 2.95. The van der Waals surface area contributed by atoms with E-state index in [9.17, 15) is 10.2 Å². The van der Waals surface area contributed by atoms with Crippen LogP contribution in [0.5, 0.6) is 0 Å². The molecular formula is C9H12O3. The number of aliphatic hydroxyl groups excluding tert-OH is 1. The molecule has 0 spiro atoms. The predicted molar refractivity (Wildman–Crippen MR) is 45.4 cm³/mol. The van der Waals surface area contributed by atoms with Gasteiger partial charge in [-0.15, -0.1) is 0 Å². The zero-order valence-electron chi connectivity index (χ0n) is 6.90. The molecule has 0 bridgehead atoms. The minimum absolute atomic E-state index is 0.727. The lowest BCUT2D eigenvalue weighted by Gasteiger charge is -2.29. The van der Waals surface area contributed by atoms with Gasteiger partial charge in [0, 0.05) is 7.11 Å². The van der Waals surface area contributed by atoms with E-state index in [4.69, 9.17) is 4.74 Å². The van der Waals surface area contributed by atoms with E-state index in [0.29, 0.717) is 0 Å². The van der Waals surface area contributed by atoms with Gasteiger partial charge in [0.25, 0.3) is 0 Å². The minimum Gasteiger partial charge on any atom is -0.383 e. The fourth-order valence-corrected chi connectivity index (χ4v) is 1.02. The molecule has 0 saturated carbocycles. The Kier molecular flexibility index (Phi) is 2.47. The predicted octanol–water partition coefficient (Wildman–Crippen LogP) is 0.364. The Bertz CT molecular complexity index is 242. The molecule has 66 valence electrons. The average Bonchev–Trinajstić information content (AvgIpc) is 2.10. The quantitative estimate of drug-likeness (QED) is 0.585. The summed E-state index contributed by atoms with van der Waals surface area (Å²) < 4.78 is 4.75. The van der Waals surface area contributed by atoms with Crippen molar-refractivity contribution in [1.29, 1.82) is 0 Å². The van der Waals surface area contributed by atoms with E-state index >= 15 is 0 Å². The highest BCUT2D eigenvalue weighted by atomic mass is 16.6. The van der Waals surface area contributed by atoms with Crippen LogP contribution in [-0.4, -0.2) is 29.2 Å². The number of hydrogen-bond acceptors (Lipinski definition) is 3. The number of aliphatic hydroxyl groups is 2. The molecule has 0 aromatic rings. The first-order valence-corrected chi connectivity index (χ1v) is 3.61. The Morgan fingerprint density at radius 2 is 2.42 bits per heavy atom. The van der Waals surface area contributed by atoms with Crippen LogP contribution in [-0.2, 0) is 4.74 Å². The molecule has 0 saturated heterocycles. The molecule has 1 aliphatic carbocycles. The van der Waals surface area contributed by atoms with Crippen LogP contribution < -0.4 is 0 Å². The van der Waals surface area contributed by atoms with Crippen molar-refractivity contribution in [3.63, 3.8) is 0 Å². The van der Waals surface area contributed by atoms with E-state index < -0.39 is 11.9 Å². The fourth-order valence-electron chi connectivity index (χ4n) is 1.02. The Morgan fingerprint density at radius 1 is 1.75 bits per heavy atom. The van der Waals surface area contributed by atoms with Crippen molar-refractivity contribution in [3.8, 4) is 0 Å². The molecule has 2 atom stereocenters. The molecule has 0 aromatic carbocycles. The maximum Gasteiger partial charge on any atom is 0.216 e. The zero-order valence-corrected chi connectivity index (χ0v) is 6.90. The summed E-state index contributed by atoms with van der Waals surface area (Å²) in [5.41, 5.74) is 0.727. The summed E-state index contributed by atoms with van der Waals surface area (Å²) in [6.45, 7) is 3.54. The highest BCUT2D eigenvalue weighted by Crippen LogP contribution is 2.22. The summed E-state index contributed by atoms with van der Waals surface area (Å²) in [4.78, 5) is 0. The summed E-state index contributed by atoms with van der Waals surface area (Å²) >= 11 is 0. The molecule has 0 radical (unpaired) electrons. The van der Waals surface area contributed by atoms with Crippen LogP contribution in [0.1, 0.15) is 0 Å². The Hall–Kier alpha value is -0.900. The second kappa shape index (κ2) is 3.23. The number of hydrogen-bond donors (Lipinski definition) is 2. The van der Waals surface area contributed by atoms with E-state index in [-0.39, 0.29) is 0 Å². The molecule has 1 rings (SSSR count). The number of ether oxygens (including phenoxy) is 1. The van der Waals surface area contributed by atoms with Crippen LogP contribution in [0.2, 0.25) is 0 Å². The van der Waals surface area contributed by atoms with Crippen LogP contribution in [0.15, 0.2) is 36.5 Å². The third kappa shape index (κ3) is 1.48. The third-order valence-electron chi connectivity index (χ3n) is 1.83. The molecule has 0 aromatic heterocycles. The van der Waals surface area contributed by atoms with E-state index in [1.54, 1.807) is 12.2 Å². The molecule has 0 amide bonds. The van der Waals surface area contributed by atoms with Gasteiger partial charge >= 0.3 is 0 Å². The summed E-state index contributed by atoms with van der Waals surface area (Å²) in [6, 6.07) is 0. The minimum atomic E-state index is -1.61. The van der Waals surface area contributed by atoms with E-state index in [1.807, 2.05) is 0 Å². The number of allylic oxidation sites excluding steroid dienone is 3. The van der Waals surface area contributed by atoms with Crippen molar-refractivity contribution in [2.75, 3.05) is 7.11 Å². The number of rotatable bonds is 2. The van der Waals surface area contributed by atoms with Crippen LogP contribution in [0.3, 0.4) is 0 Å². The van der Waals surface area contributed by atoms with Crippen LogP contribution >= 0.6 is 0 Å². The molecule has 1 aliphatic rings. The maximum atomic E-state index is 9.60. The van der Waals surface area contributed by atoms with Crippen LogP contribution in [0.25, 0.3) is 0 Å². The normalized spacial score (nSPS) is 34.6. The van der Waals surface area contributed by atoms with Gasteiger partial charge in [-0.2, -0.15) is 0 Å². The van der Waals surface area contributed by atoms with Gasteiger partial charge in [0.2, 0.25) is 5.79 Å². The highest BCUT2D eigenvalue weighted by Gasteiger charge is 2.33. The lowest BCUT2D eigenvalue weighted by Crippen LogP contribution is -2.42. The maximum absolute atomic E-state index is 9.60. The van der Waals surface area contributed by atoms with Crippen molar-refractivity contribution >= 4 is 0 Å². The molecule has 0 aliphatic heterocycles. The van der Waals surface area contributed by atoms with Gasteiger partial charge in [-0.3, -0.25) is 0 Å². The van der Waals surface area contributed by atoms with Gasteiger partial charge in [-0.05, 0) is 17.7 Å². The molecule has 3 heteroatoms. The van der Waals surface area contributed by atoms with Crippen molar-refractivity contribution in [1.82, 2.24) is 0 Å². The first-order chi connectivity index (χ1) is 5.62. The van der Waals surface area contributed by atoms with Crippen molar-refractivity contribution in [3.05, 3.63) is 36.5 Å². The van der Waals surface area contributed by atoms with Gasteiger partial charge < -0.3 is 14.9 Å². The summed E-state index contributed by atoms with van der Waals surface area (Å²) in [6.07, 6.45) is 5.11. The van der Waals surface area contributed by atoms with Gasteiger partial charge in [-0.1, -0.05) is 18.7 Å². The highest BCUT2D eigenvalue weighted by molar-refractivity contribution is 5.36. The SMILES string of the molecule is C=CC1=CC(O)(OC)C(O)C=C1. The summed E-state index contributed by atoms with van der Waals surface area (Å²) in [5.74, 6) is -1.61. The molecule has 12 heavy (non-hydrogen) atoms. The van der Waals surface area contributed by atoms with Gasteiger partial charge in [0.1, 0.15) is 6.10 Å². The summed E-state index contributed by atoms with van der Waals surface area (Å²) in [7, 11) is 1.33. The second-order valence-corrected chi connectivity index (χ2v) is 2.61. The molecule has 3 nitrogen and oxygen atoms in total. The van der Waals surface area contributed by atoms with Crippen molar-refractivity contribution < 1.29 is 14.9 Å². The Morgan fingerprint density at radius 3 is 2.92 bits per heavy atom. The average molecular weight is 168 g/mol. The monoisotopic (exact) mass is 168 g/mol. The lowest BCUT2D eigenvalue weighted by atomic mass is 9.99. The fraction of sp³-hybridized carbons (Fsp3) is 0.333. The van der Waals surface area contributed by atoms with Crippen LogP contribution in [0, 0.1) is 0 Å². The number of methoxy groups -OCH3 is 1. The smallest absolute Gasteiger partial charge is 0.216 e. The largest absolute Gasteiger partial charge is 0.383 e. The second-order valence-electron chi connectivity index (χ2n) is 2.61. The topological polar surface area (TPSA) is 49.7 Å². The molecular weight excluding hydrogens is 156 g/mol. The van der Waals surface area contributed by atoms with Crippen molar-refractivity contribution in [2.45, 2.75) is 11.9 Å². The van der Waals surface area contributed by atoms with E-state index in [1.165, 1.54) is 19.3 Å². The summed E-state index contributed by atoms with van der Waals surface area (Å²) in [5, 5.41) is 18.9. The zero-order chi connectivity index (χ0) is 9.19. The molecule has 2 N–H and O–H groups in total. The first kappa shape index (κ1) is 9.19. The lowest BCUT2D eigenvalue weighted by molar-refractivity contribution is -0.195. The van der Waals surface area contributed by atoms with Crippen molar-refractivity contribution in [2.24, 2.45) is 0 Å². The molecule has 0 fully saturated rings. The van der Waals surface area contributed by atoms with Gasteiger partial charge in [0.05, 0.1) is 0 Å². The first-order valence-electron chi connectivity index (χ1n) is 3.61. The molecule has 0 heterocycles. The molecule has 2 unspecified atom stereocenters. The van der Waals surface area contributed by atoms with Gasteiger partial charge in [0.15, 0.2) is 0 Å². The van der Waals surface area contributed by atoms with Gasteiger partial charge in [-0.25, -0.2) is 0 Å². The van der Waals surface area contributed by atoms with E-state index in [2.05, 4.69) is 6.58 Å².